The van der Waals surface area contributed by atoms with Crippen molar-refractivity contribution in [3.05, 3.63) is 30.3 Å². The summed E-state index contributed by atoms with van der Waals surface area (Å²) in [5.41, 5.74) is 0.578. The average molecular weight is 282 g/mol. The fourth-order valence-electron chi connectivity index (χ4n) is 1.59. The maximum Gasteiger partial charge on any atom is 0.237 e. The maximum atomic E-state index is 12.2. The summed E-state index contributed by atoms with van der Waals surface area (Å²) in [6.07, 6.45) is 0.156. The highest BCUT2D eigenvalue weighted by molar-refractivity contribution is 7.92. The second-order valence-corrected chi connectivity index (χ2v) is 5.84. The molecule has 0 unspecified atom stereocenters. The molecule has 0 radical (unpaired) electrons. The maximum absolute atomic E-state index is 12.2. The van der Waals surface area contributed by atoms with Gasteiger partial charge in [0.05, 0.1) is 30.5 Å². The fourth-order valence-corrected chi connectivity index (χ4v) is 2.95. The molecule has 0 aromatic heterocycles. The lowest BCUT2D eigenvalue weighted by atomic mass is 10.3. The van der Waals surface area contributed by atoms with Gasteiger partial charge in [0.1, 0.15) is 0 Å². The summed E-state index contributed by atoms with van der Waals surface area (Å²) in [6.45, 7) is 2.63. The van der Waals surface area contributed by atoms with Gasteiger partial charge in [0, 0.05) is 13.2 Å². The monoisotopic (exact) mass is 282 g/mol. The summed E-state index contributed by atoms with van der Waals surface area (Å²) in [4.78, 5) is 0. The van der Waals surface area contributed by atoms with Crippen LogP contribution in [0.15, 0.2) is 30.3 Å². The zero-order chi connectivity index (χ0) is 14.1. The molecule has 1 aromatic rings. The number of anilines is 1. The van der Waals surface area contributed by atoms with Crippen molar-refractivity contribution in [3.63, 3.8) is 0 Å². The van der Waals surface area contributed by atoms with Crippen LogP contribution in [0.1, 0.15) is 13.3 Å². The van der Waals surface area contributed by atoms with E-state index in [0.717, 1.165) is 0 Å². The Morgan fingerprint density at radius 3 is 2.58 bits per heavy atom. The molecular formula is C13H18N2O3S. The molecule has 5 nitrogen and oxygen atoms in total. The number of rotatable bonds is 8. The topological polar surface area (TPSA) is 70.4 Å². The molecule has 0 fully saturated rings. The van der Waals surface area contributed by atoms with Gasteiger partial charge in [-0.15, -0.1) is 0 Å². The lowest BCUT2D eigenvalue weighted by Crippen LogP contribution is -2.35. The molecule has 0 saturated heterocycles. The third-order valence-electron chi connectivity index (χ3n) is 2.50. The lowest BCUT2D eigenvalue weighted by molar-refractivity contribution is 0.163. The second-order valence-electron chi connectivity index (χ2n) is 3.83. The molecule has 0 aliphatic heterocycles. The van der Waals surface area contributed by atoms with Crippen LogP contribution in [0.25, 0.3) is 0 Å². The van der Waals surface area contributed by atoms with Crippen LogP contribution in [-0.2, 0) is 14.8 Å². The number of nitriles is 1. The van der Waals surface area contributed by atoms with Crippen LogP contribution in [0.3, 0.4) is 0 Å². The summed E-state index contributed by atoms with van der Waals surface area (Å²) < 4.78 is 30.9. The van der Waals surface area contributed by atoms with E-state index in [-0.39, 0.29) is 25.3 Å². The van der Waals surface area contributed by atoms with E-state index in [1.807, 2.05) is 19.1 Å². The van der Waals surface area contributed by atoms with E-state index in [1.54, 1.807) is 24.3 Å². The zero-order valence-corrected chi connectivity index (χ0v) is 11.8. The number of ether oxygens (including phenoxy) is 1. The molecular weight excluding hydrogens is 264 g/mol. The molecule has 104 valence electrons. The molecule has 1 aromatic carbocycles. The third-order valence-corrected chi connectivity index (χ3v) is 4.24. The van der Waals surface area contributed by atoms with Gasteiger partial charge in [0.25, 0.3) is 0 Å². The third kappa shape index (κ3) is 4.89. The van der Waals surface area contributed by atoms with Crippen LogP contribution in [-0.4, -0.2) is 33.9 Å². The highest BCUT2D eigenvalue weighted by Gasteiger charge is 2.21. The Morgan fingerprint density at radius 1 is 1.32 bits per heavy atom. The number of nitrogens with zero attached hydrogens (tertiary/aromatic N) is 2. The number of hydrogen-bond acceptors (Lipinski definition) is 4. The molecule has 0 aliphatic carbocycles. The van der Waals surface area contributed by atoms with E-state index < -0.39 is 10.0 Å². The van der Waals surface area contributed by atoms with Crippen molar-refractivity contribution in [3.8, 4) is 6.07 Å². The Morgan fingerprint density at radius 2 is 2.00 bits per heavy atom. The largest absolute Gasteiger partial charge is 0.381 e. The van der Waals surface area contributed by atoms with Crippen LogP contribution in [0.4, 0.5) is 5.69 Å². The summed E-state index contributed by atoms with van der Waals surface area (Å²) in [5.74, 6) is -0.0822. The molecule has 0 heterocycles. The Hall–Kier alpha value is -1.58. The molecule has 19 heavy (non-hydrogen) atoms. The van der Waals surface area contributed by atoms with E-state index in [2.05, 4.69) is 0 Å². The number of sulfonamides is 1. The minimum atomic E-state index is -3.46. The molecule has 0 atom stereocenters. The SMILES string of the molecule is CCOCCS(=O)(=O)N(CCC#N)c1ccccc1. The predicted octanol–water partition coefficient (Wildman–Crippen LogP) is 1.77. The van der Waals surface area contributed by atoms with Gasteiger partial charge in [0.15, 0.2) is 0 Å². The lowest BCUT2D eigenvalue weighted by Gasteiger charge is -2.23. The van der Waals surface area contributed by atoms with Gasteiger partial charge in [-0.25, -0.2) is 8.42 Å². The highest BCUT2D eigenvalue weighted by atomic mass is 32.2. The second kappa shape index (κ2) is 7.77. The summed E-state index contributed by atoms with van der Waals surface area (Å²) in [6, 6.07) is 10.8. The molecule has 0 spiro atoms. The van der Waals surface area contributed by atoms with E-state index in [9.17, 15) is 8.42 Å². The van der Waals surface area contributed by atoms with Gasteiger partial charge in [-0.2, -0.15) is 5.26 Å². The van der Waals surface area contributed by atoms with Crippen molar-refractivity contribution in [2.75, 3.05) is 29.8 Å². The number of para-hydroxylation sites is 1. The molecule has 1 rings (SSSR count). The summed E-state index contributed by atoms with van der Waals surface area (Å²) >= 11 is 0. The van der Waals surface area contributed by atoms with E-state index in [1.165, 1.54) is 4.31 Å². The van der Waals surface area contributed by atoms with Gasteiger partial charge in [-0.3, -0.25) is 4.31 Å². The molecule has 6 heteroatoms. The van der Waals surface area contributed by atoms with Crippen LogP contribution in [0.2, 0.25) is 0 Å². The first-order valence-electron chi connectivity index (χ1n) is 6.12. The Bertz CT molecular complexity index is 508. The highest BCUT2D eigenvalue weighted by Crippen LogP contribution is 2.18. The van der Waals surface area contributed by atoms with E-state index in [0.29, 0.717) is 12.3 Å². The first-order chi connectivity index (χ1) is 9.11. The van der Waals surface area contributed by atoms with Crippen molar-refractivity contribution in [1.82, 2.24) is 0 Å². The van der Waals surface area contributed by atoms with Crippen molar-refractivity contribution < 1.29 is 13.2 Å². The van der Waals surface area contributed by atoms with Gasteiger partial charge >= 0.3 is 0 Å². The first kappa shape index (κ1) is 15.5. The van der Waals surface area contributed by atoms with Gasteiger partial charge in [-0.05, 0) is 19.1 Å². The van der Waals surface area contributed by atoms with Gasteiger partial charge < -0.3 is 4.74 Å². The summed E-state index contributed by atoms with van der Waals surface area (Å²) in [5, 5.41) is 8.65. The molecule has 0 aliphatic rings. The summed E-state index contributed by atoms with van der Waals surface area (Å²) in [7, 11) is -3.46. The van der Waals surface area contributed by atoms with Gasteiger partial charge in [-0.1, -0.05) is 18.2 Å². The zero-order valence-electron chi connectivity index (χ0n) is 10.9. The van der Waals surface area contributed by atoms with Crippen LogP contribution in [0, 0.1) is 11.3 Å². The Kier molecular flexibility index (Phi) is 6.33. The quantitative estimate of drug-likeness (QED) is 0.681. The van der Waals surface area contributed by atoms with E-state index in [4.69, 9.17) is 10.00 Å². The molecule has 0 bridgehead atoms. The van der Waals surface area contributed by atoms with Crippen LogP contribution < -0.4 is 4.31 Å². The van der Waals surface area contributed by atoms with Crippen molar-refractivity contribution >= 4 is 15.7 Å². The van der Waals surface area contributed by atoms with Crippen molar-refractivity contribution in [1.29, 1.82) is 5.26 Å². The minimum Gasteiger partial charge on any atom is -0.381 e. The number of hydrogen-bond donors (Lipinski definition) is 0. The Labute approximate surface area is 114 Å². The molecule has 0 amide bonds. The predicted molar refractivity (Wildman–Crippen MR) is 74.3 cm³/mol. The molecule has 0 saturated carbocycles. The molecule has 0 N–H and O–H groups in total. The van der Waals surface area contributed by atoms with Crippen molar-refractivity contribution in [2.45, 2.75) is 13.3 Å². The Balaban J connectivity index is 2.88. The average Bonchev–Trinajstić information content (AvgIpc) is 2.40. The minimum absolute atomic E-state index is 0.0822. The number of benzene rings is 1. The van der Waals surface area contributed by atoms with Crippen LogP contribution >= 0.6 is 0 Å². The standard InChI is InChI=1S/C13H18N2O3S/c1-2-18-11-12-19(16,17)15(10-6-9-14)13-7-4-3-5-8-13/h3-5,7-8H,2,6,10-12H2,1H3. The normalized spacial score (nSPS) is 10.9. The smallest absolute Gasteiger partial charge is 0.237 e. The van der Waals surface area contributed by atoms with Crippen molar-refractivity contribution in [2.24, 2.45) is 0 Å². The fraction of sp³-hybridized carbons (Fsp3) is 0.462. The first-order valence-corrected chi connectivity index (χ1v) is 7.73. The van der Waals surface area contributed by atoms with Crippen LogP contribution in [0.5, 0.6) is 0 Å². The van der Waals surface area contributed by atoms with Gasteiger partial charge in [0.2, 0.25) is 10.0 Å². The van der Waals surface area contributed by atoms with E-state index >= 15 is 0 Å².